The minimum absolute atomic E-state index is 0.0911. The van der Waals surface area contributed by atoms with Crippen molar-refractivity contribution in [3.63, 3.8) is 0 Å². The summed E-state index contributed by atoms with van der Waals surface area (Å²) in [6, 6.07) is 7.45. The number of amides is 1. The third-order valence-electron chi connectivity index (χ3n) is 3.51. The molecule has 3 N–H and O–H groups in total. The van der Waals surface area contributed by atoms with Gasteiger partial charge in [0.1, 0.15) is 0 Å². The minimum Gasteiger partial charge on any atom is -0.379 e. The van der Waals surface area contributed by atoms with E-state index in [0.717, 1.165) is 22.0 Å². The lowest BCUT2D eigenvalue weighted by Crippen LogP contribution is -2.37. The highest BCUT2D eigenvalue weighted by Gasteiger charge is 2.31. The van der Waals surface area contributed by atoms with E-state index in [1.807, 2.05) is 36.6 Å². The average Bonchev–Trinajstić information content (AvgIpc) is 3.08. The molecule has 2 aromatic rings. The Kier molecular flexibility index (Phi) is 4.01. The van der Waals surface area contributed by atoms with Crippen molar-refractivity contribution in [3.8, 4) is 11.3 Å². The SMILES string of the molecule is Cc1nc(-c2cccc(NC(=O)C3COCC3N)c2)cs1. The van der Waals surface area contributed by atoms with Crippen LogP contribution in [0, 0.1) is 12.8 Å². The predicted molar refractivity (Wildman–Crippen MR) is 83.2 cm³/mol. The third kappa shape index (κ3) is 3.12. The first-order valence-corrected chi connectivity index (χ1v) is 7.68. The molecular weight excluding hydrogens is 286 g/mol. The largest absolute Gasteiger partial charge is 0.379 e. The van der Waals surface area contributed by atoms with Crippen LogP contribution in [-0.2, 0) is 9.53 Å². The van der Waals surface area contributed by atoms with Crippen molar-refractivity contribution < 1.29 is 9.53 Å². The Balaban J connectivity index is 1.76. The maximum Gasteiger partial charge on any atom is 0.231 e. The number of nitrogens with zero attached hydrogens (tertiary/aromatic N) is 1. The van der Waals surface area contributed by atoms with E-state index in [-0.39, 0.29) is 17.9 Å². The number of carbonyl (C=O) groups is 1. The molecule has 110 valence electrons. The van der Waals surface area contributed by atoms with Crippen LogP contribution in [0.15, 0.2) is 29.6 Å². The van der Waals surface area contributed by atoms with E-state index in [1.165, 1.54) is 0 Å². The first-order chi connectivity index (χ1) is 10.1. The summed E-state index contributed by atoms with van der Waals surface area (Å²) < 4.78 is 5.23. The van der Waals surface area contributed by atoms with E-state index in [1.54, 1.807) is 11.3 Å². The second kappa shape index (κ2) is 5.93. The van der Waals surface area contributed by atoms with Crippen LogP contribution < -0.4 is 11.1 Å². The second-order valence-electron chi connectivity index (χ2n) is 5.13. The van der Waals surface area contributed by atoms with Gasteiger partial charge in [-0.25, -0.2) is 4.98 Å². The molecule has 1 fully saturated rings. The molecule has 2 unspecified atom stereocenters. The summed E-state index contributed by atoms with van der Waals surface area (Å²) in [5, 5.41) is 5.94. The number of aromatic nitrogens is 1. The Morgan fingerprint density at radius 3 is 3.00 bits per heavy atom. The molecule has 0 radical (unpaired) electrons. The number of carbonyl (C=O) groups excluding carboxylic acids is 1. The van der Waals surface area contributed by atoms with Gasteiger partial charge in [-0.3, -0.25) is 4.79 Å². The van der Waals surface area contributed by atoms with Crippen molar-refractivity contribution in [2.75, 3.05) is 18.5 Å². The highest BCUT2D eigenvalue weighted by atomic mass is 32.1. The molecule has 1 aliphatic rings. The average molecular weight is 303 g/mol. The van der Waals surface area contributed by atoms with Crippen molar-refractivity contribution in [3.05, 3.63) is 34.7 Å². The van der Waals surface area contributed by atoms with E-state index in [4.69, 9.17) is 10.5 Å². The van der Waals surface area contributed by atoms with Crippen molar-refractivity contribution in [1.29, 1.82) is 0 Å². The number of thiazole rings is 1. The van der Waals surface area contributed by atoms with Crippen LogP contribution >= 0.6 is 11.3 Å². The van der Waals surface area contributed by atoms with Crippen molar-refractivity contribution in [2.45, 2.75) is 13.0 Å². The maximum atomic E-state index is 12.2. The van der Waals surface area contributed by atoms with E-state index in [2.05, 4.69) is 10.3 Å². The van der Waals surface area contributed by atoms with E-state index in [0.29, 0.717) is 13.2 Å². The fraction of sp³-hybridized carbons (Fsp3) is 0.333. The topological polar surface area (TPSA) is 77.2 Å². The molecular formula is C15H17N3O2S. The number of benzene rings is 1. The standard InChI is InChI=1S/C15H17N3O2S/c1-9-17-14(8-21-9)10-3-2-4-11(5-10)18-15(19)12-6-20-7-13(12)16/h2-5,8,12-13H,6-7,16H2,1H3,(H,18,19). The van der Waals surface area contributed by atoms with Gasteiger partial charge in [0, 0.05) is 22.7 Å². The Morgan fingerprint density at radius 1 is 1.48 bits per heavy atom. The number of anilines is 1. The third-order valence-corrected chi connectivity index (χ3v) is 4.28. The molecule has 1 aromatic carbocycles. The first kappa shape index (κ1) is 14.2. The highest BCUT2D eigenvalue weighted by Crippen LogP contribution is 2.24. The molecule has 1 aliphatic heterocycles. The molecule has 1 saturated heterocycles. The zero-order chi connectivity index (χ0) is 14.8. The molecule has 6 heteroatoms. The lowest BCUT2D eigenvalue weighted by atomic mass is 10.0. The molecule has 5 nitrogen and oxygen atoms in total. The summed E-state index contributed by atoms with van der Waals surface area (Å²) in [6.07, 6.45) is 0. The normalized spacial score (nSPS) is 21.4. The molecule has 2 atom stereocenters. The molecule has 1 aromatic heterocycles. The Labute approximate surface area is 127 Å². The molecule has 0 spiro atoms. The molecule has 3 rings (SSSR count). The molecule has 2 heterocycles. The quantitative estimate of drug-likeness (QED) is 0.909. The summed E-state index contributed by atoms with van der Waals surface area (Å²) in [5.74, 6) is -0.373. The van der Waals surface area contributed by atoms with Gasteiger partial charge in [-0.1, -0.05) is 12.1 Å². The summed E-state index contributed by atoms with van der Waals surface area (Å²) in [5.41, 5.74) is 8.53. The lowest BCUT2D eigenvalue weighted by Gasteiger charge is -2.13. The minimum atomic E-state index is -0.282. The van der Waals surface area contributed by atoms with Gasteiger partial charge in [-0.2, -0.15) is 0 Å². The van der Waals surface area contributed by atoms with Crippen LogP contribution in [0.4, 0.5) is 5.69 Å². The van der Waals surface area contributed by atoms with Gasteiger partial charge < -0.3 is 15.8 Å². The van der Waals surface area contributed by atoms with Crippen LogP contribution in [0.2, 0.25) is 0 Å². The van der Waals surface area contributed by atoms with E-state index in [9.17, 15) is 4.79 Å². The zero-order valence-electron chi connectivity index (χ0n) is 11.7. The van der Waals surface area contributed by atoms with Gasteiger partial charge in [0.05, 0.1) is 29.8 Å². The Hall–Kier alpha value is -1.76. The monoisotopic (exact) mass is 303 g/mol. The van der Waals surface area contributed by atoms with Crippen LogP contribution in [0.25, 0.3) is 11.3 Å². The number of rotatable bonds is 3. The van der Waals surface area contributed by atoms with E-state index < -0.39 is 0 Å². The van der Waals surface area contributed by atoms with Gasteiger partial charge in [-0.05, 0) is 19.1 Å². The summed E-state index contributed by atoms with van der Waals surface area (Å²) in [6.45, 7) is 2.80. The van der Waals surface area contributed by atoms with Crippen LogP contribution in [0.5, 0.6) is 0 Å². The van der Waals surface area contributed by atoms with Crippen molar-refractivity contribution in [1.82, 2.24) is 4.98 Å². The number of ether oxygens (including phenoxy) is 1. The number of hydrogen-bond acceptors (Lipinski definition) is 5. The molecule has 21 heavy (non-hydrogen) atoms. The first-order valence-electron chi connectivity index (χ1n) is 6.80. The van der Waals surface area contributed by atoms with Crippen LogP contribution in [-0.4, -0.2) is 30.1 Å². The Bertz CT molecular complexity index is 656. The summed E-state index contributed by atoms with van der Waals surface area (Å²) in [7, 11) is 0. The van der Waals surface area contributed by atoms with Crippen molar-refractivity contribution >= 4 is 22.9 Å². The number of aryl methyl sites for hydroxylation is 1. The van der Waals surface area contributed by atoms with Gasteiger partial charge in [0.2, 0.25) is 5.91 Å². The zero-order valence-corrected chi connectivity index (χ0v) is 12.5. The highest BCUT2D eigenvalue weighted by molar-refractivity contribution is 7.09. The fourth-order valence-corrected chi connectivity index (χ4v) is 2.95. The van der Waals surface area contributed by atoms with Gasteiger partial charge in [-0.15, -0.1) is 11.3 Å². The Morgan fingerprint density at radius 2 is 2.33 bits per heavy atom. The van der Waals surface area contributed by atoms with Gasteiger partial charge in [0.15, 0.2) is 0 Å². The van der Waals surface area contributed by atoms with E-state index >= 15 is 0 Å². The maximum absolute atomic E-state index is 12.2. The molecule has 0 bridgehead atoms. The fourth-order valence-electron chi connectivity index (χ4n) is 2.33. The smallest absolute Gasteiger partial charge is 0.231 e. The lowest BCUT2D eigenvalue weighted by molar-refractivity contribution is -0.120. The van der Waals surface area contributed by atoms with Gasteiger partial charge >= 0.3 is 0 Å². The molecule has 0 aliphatic carbocycles. The van der Waals surface area contributed by atoms with Crippen LogP contribution in [0.1, 0.15) is 5.01 Å². The van der Waals surface area contributed by atoms with Crippen LogP contribution in [0.3, 0.4) is 0 Å². The van der Waals surface area contributed by atoms with Gasteiger partial charge in [0.25, 0.3) is 0 Å². The number of nitrogens with two attached hydrogens (primary N) is 1. The summed E-state index contributed by atoms with van der Waals surface area (Å²) in [4.78, 5) is 16.6. The molecule has 1 amide bonds. The molecule has 0 saturated carbocycles. The second-order valence-corrected chi connectivity index (χ2v) is 6.19. The number of hydrogen-bond donors (Lipinski definition) is 2. The predicted octanol–water partition coefficient (Wildman–Crippen LogP) is 2.03. The van der Waals surface area contributed by atoms with Crippen molar-refractivity contribution in [2.24, 2.45) is 11.7 Å². The summed E-state index contributed by atoms with van der Waals surface area (Å²) >= 11 is 1.61. The number of nitrogens with one attached hydrogen (secondary N) is 1.